The summed E-state index contributed by atoms with van der Waals surface area (Å²) in [6.07, 6.45) is 6.00. The van der Waals surface area contributed by atoms with Gasteiger partial charge in [-0.25, -0.2) is 4.79 Å². The van der Waals surface area contributed by atoms with Crippen molar-refractivity contribution in [2.45, 2.75) is 64.3 Å². The Morgan fingerprint density at radius 3 is 2.55 bits per heavy atom. The standard InChI is InChI=1S/C14H24N2O4/c1-2-3-10-16-11(13(19)15-14(16)20)8-6-4-5-7-9-12(17)18/h11H,2-10H2,1H3,(H,17,18)(H,15,19,20). The number of carboxylic acids is 1. The molecule has 0 radical (unpaired) electrons. The summed E-state index contributed by atoms with van der Waals surface area (Å²) in [4.78, 5) is 35.4. The Hall–Kier alpha value is -1.59. The lowest BCUT2D eigenvalue weighted by atomic mass is 10.1. The first kappa shape index (κ1) is 16.5. The van der Waals surface area contributed by atoms with Gasteiger partial charge in [0.05, 0.1) is 0 Å². The van der Waals surface area contributed by atoms with Crippen molar-refractivity contribution in [2.75, 3.05) is 6.54 Å². The molecule has 0 aromatic carbocycles. The molecule has 114 valence electrons. The summed E-state index contributed by atoms with van der Waals surface area (Å²) in [7, 11) is 0. The molecule has 0 spiro atoms. The van der Waals surface area contributed by atoms with Gasteiger partial charge in [0.2, 0.25) is 0 Å². The SMILES string of the molecule is CCCCN1C(=O)NC(=O)C1CCCCCCC(=O)O. The summed E-state index contributed by atoms with van der Waals surface area (Å²) >= 11 is 0. The molecule has 1 unspecified atom stereocenters. The number of carbonyl (C=O) groups is 3. The predicted molar refractivity (Wildman–Crippen MR) is 74.3 cm³/mol. The summed E-state index contributed by atoms with van der Waals surface area (Å²) in [5.74, 6) is -0.965. The van der Waals surface area contributed by atoms with E-state index in [1.165, 1.54) is 0 Å². The second-order valence-corrected chi connectivity index (χ2v) is 5.20. The van der Waals surface area contributed by atoms with Gasteiger partial charge in [-0.05, 0) is 19.3 Å². The number of hydrogen-bond donors (Lipinski definition) is 2. The Balaban J connectivity index is 2.27. The highest BCUT2D eigenvalue weighted by molar-refractivity contribution is 6.04. The van der Waals surface area contributed by atoms with E-state index >= 15 is 0 Å². The number of nitrogens with one attached hydrogen (secondary N) is 1. The van der Waals surface area contributed by atoms with Crippen LogP contribution in [0.3, 0.4) is 0 Å². The van der Waals surface area contributed by atoms with Crippen molar-refractivity contribution < 1.29 is 19.5 Å². The maximum Gasteiger partial charge on any atom is 0.324 e. The fourth-order valence-electron chi connectivity index (χ4n) is 2.38. The first-order valence-electron chi connectivity index (χ1n) is 7.39. The molecule has 0 aliphatic carbocycles. The van der Waals surface area contributed by atoms with E-state index in [4.69, 9.17) is 5.11 Å². The highest BCUT2D eigenvalue weighted by atomic mass is 16.4. The van der Waals surface area contributed by atoms with Crippen molar-refractivity contribution in [1.82, 2.24) is 10.2 Å². The van der Waals surface area contributed by atoms with Gasteiger partial charge in [0.15, 0.2) is 0 Å². The highest BCUT2D eigenvalue weighted by Gasteiger charge is 2.36. The van der Waals surface area contributed by atoms with E-state index in [1.54, 1.807) is 4.90 Å². The fraction of sp³-hybridized carbons (Fsp3) is 0.786. The van der Waals surface area contributed by atoms with Crippen LogP contribution in [-0.4, -0.2) is 40.5 Å². The molecule has 1 aliphatic heterocycles. The van der Waals surface area contributed by atoms with Gasteiger partial charge in [0.25, 0.3) is 5.91 Å². The number of nitrogens with zero attached hydrogens (tertiary/aromatic N) is 1. The Kier molecular flexibility index (Phi) is 7.04. The maximum atomic E-state index is 11.7. The molecule has 1 fully saturated rings. The van der Waals surface area contributed by atoms with Crippen LogP contribution in [0.5, 0.6) is 0 Å². The van der Waals surface area contributed by atoms with Crippen LogP contribution in [0.4, 0.5) is 4.79 Å². The number of aliphatic carboxylic acids is 1. The second-order valence-electron chi connectivity index (χ2n) is 5.20. The predicted octanol–water partition coefficient (Wildman–Crippen LogP) is 2.13. The summed E-state index contributed by atoms with van der Waals surface area (Å²) in [5, 5.41) is 10.9. The molecule has 3 amide bonds. The Labute approximate surface area is 119 Å². The Morgan fingerprint density at radius 1 is 1.20 bits per heavy atom. The number of hydrogen-bond acceptors (Lipinski definition) is 3. The van der Waals surface area contributed by atoms with E-state index in [9.17, 15) is 14.4 Å². The third-order valence-electron chi connectivity index (χ3n) is 3.54. The second kappa shape index (κ2) is 8.55. The van der Waals surface area contributed by atoms with Crippen LogP contribution in [0.25, 0.3) is 0 Å². The normalized spacial score (nSPS) is 18.4. The molecular formula is C14H24N2O4. The molecule has 20 heavy (non-hydrogen) atoms. The van der Waals surface area contributed by atoms with Crippen molar-refractivity contribution >= 4 is 17.9 Å². The van der Waals surface area contributed by atoms with Gasteiger partial charge < -0.3 is 10.0 Å². The van der Waals surface area contributed by atoms with E-state index in [2.05, 4.69) is 5.32 Å². The van der Waals surface area contributed by atoms with E-state index in [0.717, 1.165) is 32.1 Å². The zero-order chi connectivity index (χ0) is 15.0. The monoisotopic (exact) mass is 284 g/mol. The molecule has 1 heterocycles. The minimum Gasteiger partial charge on any atom is -0.481 e. The average molecular weight is 284 g/mol. The van der Waals surface area contributed by atoms with Crippen molar-refractivity contribution in [1.29, 1.82) is 0 Å². The van der Waals surface area contributed by atoms with Crippen molar-refractivity contribution in [3.8, 4) is 0 Å². The van der Waals surface area contributed by atoms with Gasteiger partial charge in [-0.2, -0.15) is 0 Å². The molecule has 0 aromatic heterocycles. The molecule has 1 atom stereocenters. The number of urea groups is 1. The Morgan fingerprint density at radius 2 is 1.90 bits per heavy atom. The molecular weight excluding hydrogens is 260 g/mol. The molecule has 0 saturated carbocycles. The topological polar surface area (TPSA) is 86.7 Å². The van der Waals surface area contributed by atoms with Crippen LogP contribution in [0, 0.1) is 0 Å². The van der Waals surface area contributed by atoms with Crippen LogP contribution < -0.4 is 5.32 Å². The smallest absolute Gasteiger partial charge is 0.324 e. The Bertz CT molecular complexity index is 357. The van der Waals surface area contributed by atoms with Gasteiger partial charge in [-0.1, -0.05) is 32.6 Å². The number of rotatable bonds is 10. The van der Waals surface area contributed by atoms with Crippen molar-refractivity contribution in [3.63, 3.8) is 0 Å². The van der Waals surface area contributed by atoms with Crippen LogP contribution in [-0.2, 0) is 9.59 Å². The molecule has 0 aromatic rings. The van der Waals surface area contributed by atoms with Gasteiger partial charge in [0.1, 0.15) is 6.04 Å². The van der Waals surface area contributed by atoms with Crippen LogP contribution in [0.2, 0.25) is 0 Å². The zero-order valence-corrected chi connectivity index (χ0v) is 12.1. The molecule has 1 aliphatic rings. The summed E-state index contributed by atoms with van der Waals surface area (Å²) < 4.78 is 0. The third-order valence-corrected chi connectivity index (χ3v) is 3.54. The van der Waals surface area contributed by atoms with Crippen LogP contribution in [0.15, 0.2) is 0 Å². The molecule has 0 bridgehead atoms. The molecule has 2 N–H and O–H groups in total. The molecule has 1 saturated heterocycles. The summed E-state index contributed by atoms with van der Waals surface area (Å²) in [6, 6.07) is -0.618. The number of amides is 3. The number of carbonyl (C=O) groups excluding carboxylic acids is 2. The summed E-state index contributed by atoms with van der Waals surface area (Å²) in [6.45, 7) is 2.67. The number of carboxylic acid groups (broad SMARTS) is 1. The van der Waals surface area contributed by atoms with Gasteiger partial charge in [-0.15, -0.1) is 0 Å². The molecule has 6 heteroatoms. The van der Waals surface area contributed by atoms with Crippen molar-refractivity contribution in [2.24, 2.45) is 0 Å². The van der Waals surface area contributed by atoms with E-state index in [-0.39, 0.29) is 24.4 Å². The van der Waals surface area contributed by atoms with Gasteiger partial charge in [0, 0.05) is 13.0 Å². The largest absolute Gasteiger partial charge is 0.481 e. The quantitative estimate of drug-likeness (QED) is 0.475. The first-order chi connectivity index (χ1) is 9.56. The third kappa shape index (κ3) is 5.19. The number of unbranched alkanes of at least 4 members (excludes halogenated alkanes) is 4. The lowest BCUT2D eigenvalue weighted by Crippen LogP contribution is -2.35. The van der Waals surface area contributed by atoms with E-state index in [0.29, 0.717) is 19.4 Å². The number of imide groups is 1. The average Bonchev–Trinajstić information content (AvgIpc) is 2.65. The van der Waals surface area contributed by atoms with E-state index in [1.807, 2.05) is 6.92 Å². The molecule has 1 rings (SSSR count). The van der Waals surface area contributed by atoms with Crippen molar-refractivity contribution in [3.05, 3.63) is 0 Å². The summed E-state index contributed by atoms with van der Waals surface area (Å²) in [5.41, 5.74) is 0. The lowest BCUT2D eigenvalue weighted by Gasteiger charge is -2.21. The maximum absolute atomic E-state index is 11.7. The van der Waals surface area contributed by atoms with Crippen LogP contribution in [0.1, 0.15) is 58.3 Å². The minimum atomic E-state index is -0.767. The lowest BCUT2D eigenvalue weighted by molar-refractivity contribution is -0.137. The fourth-order valence-corrected chi connectivity index (χ4v) is 2.38. The minimum absolute atomic E-state index is 0.198. The van der Waals surface area contributed by atoms with E-state index < -0.39 is 5.97 Å². The van der Waals surface area contributed by atoms with Gasteiger partial charge in [-0.3, -0.25) is 14.9 Å². The highest BCUT2D eigenvalue weighted by Crippen LogP contribution is 2.17. The first-order valence-corrected chi connectivity index (χ1v) is 7.39. The van der Waals surface area contributed by atoms with Crippen LogP contribution >= 0.6 is 0 Å². The zero-order valence-electron chi connectivity index (χ0n) is 12.1. The molecule has 6 nitrogen and oxygen atoms in total. The van der Waals surface area contributed by atoms with Gasteiger partial charge >= 0.3 is 12.0 Å².